The second-order valence-corrected chi connectivity index (χ2v) is 1.25. The first-order valence-corrected chi connectivity index (χ1v) is 2.07. The van der Waals surface area contributed by atoms with E-state index in [1.807, 2.05) is 0 Å². The highest BCUT2D eigenvalue weighted by Crippen LogP contribution is 2.11. The molecule has 0 aromatic rings. The molecule has 0 aromatic heterocycles. The second kappa shape index (κ2) is 4.50. The van der Waals surface area contributed by atoms with Gasteiger partial charge in [-0.25, -0.2) is 4.79 Å². The van der Waals surface area contributed by atoms with Gasteiger partial charge in [-0.2, -0.15) is 13.2 Å². The second-order valence-electron chi connectivity index (χ2n) is 1.25. The maximum absolute atomic E-state index is 10.5. The Morgan fingerprint density at radius 2 is 1.45 bits per heavy atom. The lowest BCUT2D eigenvalue weighted by atomic mass is 10.7. The van der Waals surface area contributed by atoms with Gasteiger partial charge in [0.15, 0.2) is 0 Å². The highest BCUT2D eigenvalue weighted by molar-refractivity contribution is 5.70. The summed E-state index contributed by atoms with van der Waals surface area (Å²) in [5.41, 5.74) is 7.14. The number of alkyl halides is 3. The van der Waals surface area contributed by atoms with E-state index in [-0.39, 0.29) is 0 Å². The van der Waals surface area contributed by atoms with Crippen LogP contribution in [0.2, 0.25) is 0 Å². The molecule has 0 spiro atoms. The molecule has 0 unspecified atom stereocenters. The highest BCUT2D eigenvalue weighted by atomic mass is 19.4. The molecule has 2 amide bonds. The lowest BCUT2D eigenvalue weighted by Crippen LogP contribution is -2.60. The van der Waals surface area contributed by atoms with Crippen LogP contribution < -0.4 is 16.6 Å². The number of amides is 2. The maximum Gasteiger partial charge on any atom is 0.430 e. The summed E-state index contributed by atoms with van der Waals surface area (Å²) < 4.78 is 31.5. The molecule has 66 valence electrons. The van der Waals surface area contributed by atoms with E-state index in [2.05, 4.69) is 11.5 Å². The third-order valence-electron chi connectivity index (χ3n) is 0.231. The van der Waals surface area contributed by atoms with Gasteiger partial charge in [0.25, 0.3) is 0 Å². The number of rotatable bonds is 0. The summed E-state index contributed by atoms with van der Waals surface area (Å²) in [6, 6.07) is -0.583. The topological polar surface area (TPSA) is 111 Å². The number of nitrogens with two attached hydrogens (primary N) is 1. The van der Waals surface area contributed by atoms with Gasteiger partial charge >= 0.3 is 12.2 Å². The van der Waals surface area contributed by atoms with Crippen molar-refractivity contribution in [2.24, 2.45) is 5.73 Å². The van der Waals surface area contributed by atoms with Crippen molar-refractivity contribution in [2.45, 2.75) is 6.18 Å². The van der Waals surface area contributed by atoms with E-state index in [1.54, 1.807) is 0 Å². The Balaban J connectivity index is 0. The van der Waals surface area contributed by atoms with Crippen LogP contribution in [0, 0.1) is 0 Å². The Hall–Kier alpha value is -1.31. The van der Waals surface area contributed by atoms with Crippen LogP contribution in [-0.4, -0.2) is 18.2 Å². The molecule has 8 heteroatoms. The Labute approximate surface area is 58.8 Å². The normalized spacial score (nSPS) is 9.45. The van der Waals surface area contributed by atoms with Crippen LogP contribution >= 0.6 is 0 Å². The molecule has 0 aliphatic carbocycles. The summed E-state index contributed by atoms with van der Waals surface area (Å²) in [4.78, 5) is 17.9. The van der Waals surface area contributed by atoms with Crippen LogP contribution in [0.1, 0.15) is 0 Å². The molecule has 0 fully saturated rings. The first-order valence-electron chi connectivity index (χ1n) is 2.07. The van der Waals surface area contributed by atoms with Gasteiger partial charge in [0.2, 0.25) is 0 Å². The average molecular weight is 174 g/mol. The summed E-state index contributed by atoms with van der Waals surface area (Å²) in [6.45, 7) is 0. The van der Waals surface area contributed by atoms with Gasteiger partial charge < -0.3 is 15.6 Å². The number of primary amides is 1. The Morgan fingerprint density at radius 3 is 1.45 bits per heavy atom. The van der Waals surface area contributed by atoms with Crippen LogP contribution in [0.4, 0.5) is 18.0 Å². The van der Waals surface area contributed by atoms with Crippen LogP contribution in [0.15, 0.2) is 0 Å². The van der Waals surface area contributed by atoms with E-state index in [9.17, 15) is 13.2 Å². The zero-order valence-corrected chi connectivity index (χ0v) is 5.14. The summed E-state index contributed by atoms with van der Waals surface area (Å²) >= 11 is 0. The first-order chi connectivity index (χ1) is 4.68. The predicted octanol–water partition coefficient (Wildman–Crippen LogP) is -2.39. The number of aliphatic carboxylic acids is 1. The minimum Gasteiger partial charge on any atom is -0.542 e. The number of hydrogen-bond acceptors (Lipinski definition) is 3. The van der Waals surface area contributed by atoms with Gasteiger partial charge in [-0.15, -0.1) is 0 Å². The summed E-state index contributed by atoms with van der Waals surface area (Å²) in [5.74, 6) is -3.01. The monoisotopic (exact) mass is 174 g/mol. The third-order valence-corrected chi connectivity index (χ3v) is 0.231. The van der Waals surface area contributed by atoms with E-state index >= 15 is 0 Å². The molecule has 0 rings (SSSR count). The maximum atomic E-state index is 10.5. The summed E-state index contributed by atoms with van der Waals surface area (Å²) in [5, 5.41) is 8.78. The minimum absolute atomic E-state index is 0.583. The van der Waals surface area contributed by atoms with Gasteiger partial charge in [-0.3, -0.25) is 5.73 Å². The molecular weight excluding hydrogens is 169 g/mol. The van der Waals surface area contributed by atoms with Crippen molar-refractivity contribution in [1.82, 2.24) is 0 Å². The van der Waals surface area contributed by atoms with Crippen molar-refractivity contribution >= 4 is 12.0 Å². The van der Waals surface area contributed by atoms with Crippen LogP contribution in [-0.2, 0) is 4.79 Å². The molecule has 0 aromatic carbocycles. The molecule has 0 saturated carbocycles. The number of carboxylic acid groups (broad SMARTS) is 1. The van der Waals surface area contributed by atoms with Crippen LogP contribution in [0.3, 0.4) is 0 Å². The quantitative estimate of drug-likeness (QED) is 0.427. The first kappa shape index (κ1) is 12.4. The number of hydrogen-bond donors (Lipinski definition) is 2. The summed E-state index contributed by atoms with van der Waals surface area (Å²) in [6.07, 6.45) is -5.19. The molecule has 0 bridgehead atoms. The molecule has 0 saturated heterocycles. The number of carboxylic acids is 1. The van der Waals surface area contributed by atoms with Crippen LogP contribution in [0.5, 0.6) is 0 Å². The van der Waals surface area contributed by atoms with E-state index in [0.717, 1.165) is 0 Å². The molecular formula is C3H5F3N2O3. The molecule has 0 atom stereocenters. The summed E-state index contributed by atoms with van der Waals surface area (Å²) in [7, 11) is 0. The fourth-order valence-electron chi connectivity index (χ4n) is 0. The third kappa shape index (κ3) is 17.7. The van der Waals surface area contributed by atoms with E-state index < -0.39 is 18.2 Å². The minimum atomic E-state index is -5.19. The fraction of sp³-hybridized carbons (Fsp3) is 0.333. The van der Waals surface area contributed by atoms with Crippen molar-refractivity contribution in [2.75, 3.05) is 0 Å². The number of quaternary nitrogens is 1. The molecule has 0 heterocycles. The van der Waals surface area contributed by atoms with Crippen molar-refractivity contribution in [3.8, 4) is 0 Å². The lowest BCUT2D eigenvalue weighted by Gasteiger charge is -2.03. The molecule has 0 aliphatic rings. The van der Waals surface area contributed by atoms with Gasteiger partial charge in [-0.05, 0) is 0 Å². The van der Waals surface area contributed by atoms with E-state index in [0.29, 0.717) is 0 Å². The smallest absolute Gasteiger partial charge is 0.430 e. The largest absolute Gasteiger partial charge is 0.542 e. The molecule has 5 nitrogen and oxygen atoms in total. The van der Waals surface area contributed by atoms with Crippen molar-refractivity contribution < 1.29 is 33.6 Å². The van der Waals surface area contributed by atoms with Gasteiger partial charge in [0, 0.05) is 0 Å². The zero-order valence-electron chi connectivity index (χ0n) is 5.14. The van der Waals surface area contributed by atoms with Gasteiger partial charge in [0.1, 0.15) is 5.97 Å². The van der Waals surface area contributed by atoms with E-state index in [1.165, 1.54) is 0 Å². The number of halogens is 3. The van der Waals surface area contributed by atoms with Gasteiger partial charge in [-0.1, -0.05) is 0 Å². The SMILES string of the molecule is NC([NH3+])=O.O=C([O-])C(F)(F)F. The Morgan fingerprint density at radius 1 is 1.36 bits per heavy atom. The van der Waals surface area contributed by atoms with Crippen molar-refractivity contribution in [1.29, 1.82) is 0 Å². The average Bonchev–Trinajstić information content (AvgIpc) is 1.59. The van der Waals surface area contributed by atoms with Crippen molar-refractivity contribution in [3.05, 3.63) is 0 Å². The Kier molecular flexibility index (Phi) is 5.06. The number of carbonyl (C=O) groups excluding carboxylic acids is 2. The molecule has 0 radical (unpaired) electrons. The molecule has 0 aliphatic heterocycles. The van der Waals surface area contributed by atoms with Crippen LogP contribution in [0.25, 0.3) is 0 Å². The predicted molar refractivity (Wildman–Crippen MR) is 23.5 cm³/mol. The van der Waals surface area contributed by atoms with Crippen molar-refractivity contribution in [3.63, 3.8) is 0 Å². The molecule has 5 N–H and O–H groups in total. The Bertz CT molecular complexity index is 150. The lowest BCUT2D eigenvalue weighted by molar-refractivity contribution is -0.344. The zero-order chi connectivity index (χ0) is 9.65. The number of carbonyl (C=O) groups is 2. The highest BCUT2D eigenvalue weighted by Gasteiger charge is 2.28. The molecule has 11 heavy (non-hydrogen) atoms. The number of urea groups is 1. The fourth-order valence-corrected chi connectivity index (χ4v) is 0. The van der Waals surface area contributed by atoms with Gasteiger partial charge in [0.05, 0.1) is 0 Å². The van der Waals surface area contributed by atoms with E-state index in [4.69, 9.17) is 14.7 Å². The standard InChI is InChI=1S/C2HF3O2.CH4N2O/c3-2(4,5)1(6)7;2-1(3)4/h(H,6,7);(H4,2,3,4).